The van der Waals surface area contributed by atoms with Gasteiger partial charge in [-0.25, -0.2) is 0 Å². The van der Waals surface area contributed by atoms with E-state index >= 15 is 0 Å². The van der Waals surface area contributed by atoms with Crippen molar-refractivity contribution >= 4 is 12.1 Å². The molecule has 0 rings (SSSR count). The molecule has 0 atom stereocenters. The zero-order chi connectivity index (χ0) is 4.28. The van der Waals surface area contributed by atoms with Gasteiger partial charge in [0.15, 0.2) is 0 Å². The molecule has 32 valence electrons. The maximum Gasteiger partial charge on any atom is 2.00 e. The summed E-state index contributed by atoms with van der Waals surface area (Å²) in [6.07, 6.45) is 1.14. The van der Waals surface area contributed by atoms with E-state index < -0.39 is 5.78 Å². The van der Waals surface area contributed by atoms with E-state index in [-0.39, 0.29) is 21.1 Å². The van der Waals surface area contributed by atoms with Crippen molar-refractivity contribution in [2.75, 3.05) is 0 Å². The van der Waals surface area contributed by atoms with E-state index in [1.165, 1.54) is 0 Å². The number of ketones is 1. The maximum atomic E-state index is 9.39. The fourth-order valence-electron chi connectivity index (χ4n) is 0. The van der Waals surface area contributed by atoms with Crippen LogP contribution in [-0.2, 0) is 30.7 Å². The van der Waals surface area contributed by atoms with Crippen LogP contribution in [0.5, 0.6) is 0 Å². The van der Waals surface area contributed by atoms with Crippen molar-refractivity contribution in [3.05, 3.63) is 0 Å². The van der Waals surface area contributed by atoms with E-state index in [4.69, 9.17) is 4.79 Å². The maximum absolute atomic E-state index is 9.39. The van der Waals surface area contributed by atoms with Crippen LogP contribution in [0.2, 0.25) is 0 Å². The van der Waals surface area contributed by atoms with E-state index in [1.54, 1.807) is 0 Å². The summed E-state index contributed by atoms with van der Waals surface area (Å²) in [6, 6.07) is 0. The molecule has 0 heterocycles. The summed E-state index contributed by atoms with van der Waals surface area (Å²) in [6.45, 7) is 1.16. The molecular formula is C3H3O2W+. The summed E-state index contributed by atoms with van der Waals surface area (Å²) in [5, 5.41) is 0. The quantitative estimate of drug-likeness (QED) is 0.475. The minimum absolute atomic E-state index is 0. The zero-order valence-electron chi connectivity index (χ0n) is 3.22. The Hall–Kier alpha value is 0.0283. The van der Waals surface area contributed by atoms with Gasteiger partial charge in [-0.3, -0.25) is 0 Å². The van der Waals surface area contributed by atoms with Crippen LogP contribution in [0.25, 0.3) is 0 Å². The molecule has 0 aromatic rings. The summed E-state index contributed by atoms with van der Waals surface area (Å²) < 4.78 is 0. The molecule has 0 fully saturated rings. The van der Waals surface area contributed by atoms with Crippen molar-refractivity contribution < 1.29 is 30.7 Å². The Morgan fingerprint density at radius 1 is 1.67 bits per heavy atom. The van der Waals surface area contributed by atoms with Gasteiger partial charge in [0.2, 0.25) is 0 Å². The molecule has 3 heteroatoms. The Morgan fingerprint density at radius 3 is 1.83 bits per heavy atom. The summed E-state index contributed by atoms with van der Waals surface area (Å²) in [5.41, 5.74) is 0. The summed E-state index contributed by atoms with van der Waals surface area (Å²) >= 11 is 0. The fraction of sp³-hybridized carbons (Fsp3) is 0.333. The monoisotopic (exact) mass is 255 g/mol. The van der Waals surface area contributed by atoms with Crippen LogP contribution >= 0.6 is 0 Å². The Morgan fingerprint density at radius 2 is 1.83 bits per heavy atom. The van der Waals surface area contributed by atoms with Crippen LogP contribution in [0.1, 0.15) is 6.92 Å². The second kappa shape index (κ2) is 5.03. The van der Waals surface area contributed by atoms with E-state index in [0.29, 0.717) is 0 Å². The second-order valence-corrected chi connectivity index (χ2v) is 0.658. The van der Waals surface area contributed by atoms with Gasteiger partial charge in [0.1, 0.15) is 0 Å². The number of Topliss-reactive ketones (excluding diaryl/α,β-unsaturated/α-hetero) is 1. The molecule has 0 aromatic heterocycles. The van der Waals surface area contributed by atoms with Gasteiger partial charge in [-0.15, -0.1) is 0 Å². The number of rotatable bonds is 1. The first kappa shape index (κ1) is 9.39. The van der Waals surface area contributed by atoms with Crippen molar-refractivity contribution in [2.24, 2.45) is 0 Å². The smallest absolute Gasteiger partial charge is 0.534 e. The van der Waals surface area contributed by atoms with Crippen molar-refractivity contribution in [2.45, 2.75) is 6.92 Å². The molecule has 0 aliphatic heterocycles. The van der Waals surface area contributed by atoms with Crippen molar-refractivity contribution in [3.63, 3.8) is 0 Å². The molecule has 6 heavy (non-hydrogen) atoms. The van der Waals surface area contributed by atoms with Gasteiger partial charge in [0.25, 0.3) is 0 Å². The Labute approximate surface area is 50.2 Å². The molecule has 0 amide bonds. The van der Waals surface area contributed by atoms with Crippen molar-refractivity contribution in [1.82, 2.24) is 0 Å². The Kier molecular flexibility index (Phi) is 7.87. The van der Waals surface area contributed by atoms with Gasteiger partial charge in [0, 0.05) is 5.78 Å². The van der Waals surface area contributed by atoms with Crippen LogP contribution in [0.3, 0.4) is 0 Å². The minimum atomic E-state index is -0.551. The first-order valence-corrected chi connectivity index (χ1v) is 1.16. The van der Waals surface area contributed by atoms with E-state index in [1.807, 2.05) is 0 Å². The van der Waals surface area contributed by atoms with Crippen LogP contribution < -0.4 is 0 Å². The molecule has 2 nitrogen and oxygen atoms in total. The van der Waals surface area contributed by atoms with E-state index in [0.717, 1.165) is 13.2 Å². The van der Waals surface area contributed by atoms with Gasteiger partial charge in [-0.05, 0) is 6.92 Å². The van der Waals surface area contributed by atoms with Gasteiger partial charge in [0.05, 0.1) is 0 Å². The number of hydrogen-bond acceptors (Lipinski definition) is 2. The van der Waals surface area contributed by atoms with Gasteiger partial charge >= 0.3 is 21.1 Å². The third kappa shape index (κ3) is 8.98. The third-order valence-corrected chi connectivity index (χ3v) is 0.144. The van der Waals surface area contributed by atoms with E-state index in [9.17, 15) is 4.79 Å². The molecule has 0 bridgehead atoms. The molecule has 0 aliphatic rings. The summed E-state index contributed by atoms with van der Waals surface area (Å²) in [5.74, 6) is -0.551. The molecule has 0 unspecified atom stereocenters. The van der Waals surface area contributed by atoms with Crippen molar-refractivity contribution in [1.29, 1.82) is 0 Å². The minimum Gasteiger partial charge on any atom is -0.534 e. The van der Waals surface area contributed by atoms with Gasteiger partial charge < -0.3 is 9.59 Å². The predicted octanol–water partition coefficient (Wildman–Crippen LogP) is -0.317. The van der Waals surface area contributed by atoms with Crippen molar-refractivity contribution in [3.8, 4) is 0 Å². The summed E-state index contributed by atoms with van der Waals surface area (Å²) in [4.78, 5) is 18.4. The van der Waals surface area contributed by atoms with Crippen LogP contribution in [0.15, 0.2) is 0 Å². The molecule has 0 N–H and O–H groups in total. The molecular weight excluding hydrogens is 252 g/mol. The zero-order valence-corrected chi connectivity index (χ0v) is 6.16. The van der Waals surface area contributed by atoms with Crippen LogP contribution in [-0.4, -0.2) is 12.1 Å². The Balaban J connectivity index is 0. The normalized spacial score (nSPS) is 5.50. The summed E-state index contributed by atoms with van der Waals surface area (Å²) in [7, 11) is 0. The SMILES string of the molecule is CC(=O)[C-]=O.[W+2]. The molecule has 0 spiro atoms. The topological polar surface area (TPSA) is 34.1 Å². The third-order valence-electron chi connectivity index (χ3n) is 0.144. The fourth-order valence-corrected chi connectivity index (χ4v) is 0. The standard InChI is InChI=1S/C3H3O2.W/c1-3(5)2-4;/h1H3;/q-1;+2. The first-order chi connectivity index (χ1) is 2.27. The molecule has 0 aliphatic carbocycles. The second-order valence-electron chi connectivity index (χ2n) is 0.658. The number of carbonyl (C=O) groups excluding carboxylic acids is 2. The number of hydrogen-bond donors (Lipinski definition) is 0. The molecule has 0 aromatic carbocycles. The van der Waals surface area contributed by atoms with Gasteiger partial charge in [-0.2, -0.15) is 6.29 Å². The average Bonchev–Trinajstić information content (AvgIpc) is 1.38. The largest absolute Gasteiger partial charge is 2.00 e. The van der Waals surface area contributed by atoms with E-state index in [2.05, 4.69) is 0 Å². The molecule has 0 radical (unpaired) electrons. The molecule has 0 saturated heterocycles. The van der Waals surface area contributed by atoms with Crippen LogP contribution in [0.4, 0.5) is 0 Å². The molecule has 0 saturated carbocycles. The first-order valence-electron chi connectivity index (χ1n) is 1.16. The predicted molar refractivity (Wildman–Crippen MR) is 16.4 cm³/mol. The average molecular weight is 255 g/mol. The van der Waals surface area contributed by atoms with Crippen LogP contribution in [0, 0.1) is 0 Å². The number of carbonyl (C=O) groups is 1. The van der Waals surface area contributed by atoms with Gasteiger partial charge in [-0.1, -0.05) is 0 Å². The Bertz CT molecular complexity index is 59.8.